The normalized spacial score (nSPS) is 12.9. The van der Waals surface area contributed by atoms with E-state index in [1.807, 2.05) is 30.3 Å². The van der Waals surface area contributed by atoms with Crippen molar-refractivity contribution in [2.75, 3.05) is 20.3 Å². The van der Waals surface area contributed by atoms with Gasteiger partial charge in [0, 0.05) is 20.3 Å². The lowest BCUT2D eigenvalue weighted by atomic mass is 9.97. The average molecular weight is 293 g/mol. The van der Waals surface area contributed by atoms with Gasteiger partial charge in [-0.15, -0.1) is 0 Å². The Morgan fingerprint density at radius 3 is 2.71 bits per heavy atom. The van der Waals surface area contributed by atoms with Crippen LogP contribution in [0.2, 0.25) is 0 Å². The van der Waals surface area contributed by atoms with Gasteiger partial charge in [-0.25, -0.2) is 0 Å². The molecule has 1 atom stereocenters. The number of ether oxygens (including phenoxy) is 1. The third-order valence-corrected chi connectivity index (χ3v) is 3.15. The molecular weight excluding hydrogens is 270 g/mol. The smallest absolute Gasteiger partial charge is 0.231 e. The van der Waals surface area contributed by atoms with Gasteiger partial charge in [0.25, 0.3) is 0 Å². The number of amidine groups is 1. The lowest BCUT2D eigenvalue weighted by molar-refractivity contribution is -0.123. The predicted molar refractivity (Wildman–Crippen MR) is 81.2 cm³/mol. The summed E-state index contributed by atoms with van der Waals surface area (Å²) in [6.45, 7) is 1.22. The average Bonchev–Trinajstić information content (AvgIpc) is 2.52. The van der Waals surface area contributed by atoms with E-state index >= 15 is 0 Å². The molecule has 1 amide bonds. The quantitative estimate of drug-likeness (QED) is 0.209. The molecule has 6 heteroatoms. The minimum atomic E-state index is -0.667. The van der Waals surface area contributed by atoms with Crippen molar-refractivity contribution in [2.45, 2.75) is 19.3 Å². The third-order valence-electron chi connectivity index (χ3n) is 3.15. The van der Waals surface area contributed by atoms with Gasteiger partial charge in [-0.1, -0.05) is 35.5 Å². The van der Waals surface area contributed by atoms with E-state index < -0.39 is 5.92 Å². The number of unbranched alkanes of at least 4 members (excludes halogenated alkanes) is 1. The van der Waals surface area contributed by atoms with Crippen molar-refractivity contribution in [1.29, 1.82) is 0 Å². The Kier molecular flexibility index (Phi) is 7.89. The van der Waals surface area contributed by atoms with Crippen molar-refractivity contribution < 1.29 is 14.7 Å². The zero-order valence-electron chi connectivity index (χ0n) is 12.3. The van der Waals surface area contributed by atoms with Crippen molar-refractivity contribution in [1.82, 2.24) is 5.32 Å². The van der Waals surface area contributed by atoms with E-state index in [2.05, 4.69) is 10.5 Å². The standard InChI is InChI=1S/C15H23N3O3/c1-21-10-6-5-9-17-15(19)13(14(16)18-20)11-12-7-3-2-4-8-12/h2-4,7-8,13,20H,5-6,9-11H2,1H3,(H2,16,18)(H,17,19). The molecule has 0 aromatic heterocycles. The van der Waals surface area contributed by atoms with E-state index in [0.29, 0.717) is 19.6 Å². The molecule has 1 aromatic rings. The number of nitrogens with two attached hydrogens (primary N) is 1. The summed E-state index contributed by atoms with van der Waals surface area (Å²) in [4.78, 5) is 12.2. The van der Waals surface area contributed by atoms with Crippen LogP contribution < -0.4 is 11.1 Å². The predicted octanol–water partition coefficient (Wildman–Crippen LogP) is 1.13. The number of hydrogen-bond acceptors (Lipinski definition) is 4. The summed E-state index contributed by atoms with van der Waals surface area (Å²) in [5, 5.41) is 14.6. The highest BCUT2D eigenvalue weighted by atomic mass is 16.5. The molecule has 1 unspecified atom stereocenters. The van der Waals surface area contributed by atoms with Gasteiger partial charge in [-0.05, 0) is 24.8 Å². The molecule has 1 rings (SSSR count). The summed E-state index contributed by atoms with van der Waals surface area (Å²) < 4.78 is 4.95. The van der Waals surface area contributed by atoms with E-state index in [9.17, 15) is 4.79 Å². The highest BCUT2D eigenvalue weighted by Crippen LogP contribution is 2.09. The molecule has 0 bridgehead atoms. The fourth-order valence-corrected chi connectivity index (χ4v) is 1.96. The van der Waals surface area contributed by atoms with E-state index in [0.717, 1.165) is 18.4 Å². The summed E-state index contributed by atoms with van der Waals surface area (Å²) in [5.41, 5.74) is 6.60. The van der Waals surface area contributed by atoms with E-state index in [4.69, 9.17) is 15.7 Å². The van der Waals surface area contributed by atoms with Crippen molar-refractivity contribution >= 4 is 11.7 Å². The summed E-state index contributed by atoms with van der Waals surface area (Å²) in [5.74, 6) is -0.973. The largest absolute Gasteiger partial charge is 0.409 e. The molecular formula is C15H23N3O3. The monoisotopic (exact) mass is 293 g/mol. The molecule has 0 spiro atoms. The van der Waals surface area contributed by atoms with Crippen LogP contribution in [0.4, 0.5) is 0 Å². The Labute approximate surface area is 125 Å². The topological polar surface area (TPSA) is 96.9 Å². The molecule has 0 radical (unpaired) electrons. The Balaban J connectivity index is 2.55. The molecule has 1 aromatic carbocycles. The molecule has 0 aliphatic rings. The first-order chi connectivity index (χ1) is 10.2. The number of nitrogens with one attached hydrogen (secondary N) is 1. The molecule has 4 N–H and O–H groups in total. The molecule has 0 saturated carbocycles. The van der Waals surface area contributed by atoms with Gasteiger partial charge in [0.2, 0.25) is 5.91 Å². The second kappa shape index (κ2) is 9.77. The highest BCUT2D eigenvalue weighted by Gasteiger charge is 2.23. The molecule has 0 heterocycles. The SMILES string of the molecule is COCCCCNC(=O)C(Cc1ccccc1)C(N)=NO. The Bertz CT molecular complexity index is 449. The van der Waals surface area contributed by atoms with Crippen molar-refractivity contribution in [3.8, 4) is 0 Å². The number of carbonyl (C=O) groups is 1. The third kappa shape index (κ3) is 6.27. The van der Waals surface area contributed by atoms with Gasteiger partial charge in [0.05, 0.1) is 0 Å². The maximum absolute atomic E-state index is 12.2. The molecule has 0 aliphatic heterocycles. The fourth-order valence-electron chi connectivity index (χ4n) is 1.96. The number of nitrogens with zero attached hydrogens (tertiary/aromatic N) is 1. The summed E-state index contributed by atoms with van der Waals surface area (Å²) in [6, 6.07) is 9.49. The van der Waals surface area contributed by atoms with Crippen molar-refractivity contribution in [3.63, 3.8) is 0 Å². The first kappa shape index (κ1) is 17.0. The highest BCUT2D eigenvalue weighted by molar-refractivity contribution is 6.02. The number of hydrogen-bond donors (Lipinski definition) is 3. The summed E-state index contributed by atoms with van der Waals surface area (Å²) in [7, 11) is 1.65. The van der Waals surface area contributed by atoms with Crippen LogP contribution in [0.25, 0.3) is 0 Å². The number of carbonyl (C=O) groups excluding carboxylic acids is 1. The van der Waals surface area contributed by atoms with Gasteiger partial charge in [0.15, 0.2) is 5.84 Å². The van der Waals surface area contributed by atoms with Gasteiger partial charge >= 0.3 is 0 Å². The van der Waals surface area contributed by atoms with E-state index in [1.165, 1.54) is 0 Å². The van der Waals surface area contributed by atoms with E-state index in [-0.39, 0.29) is 11.7 Å². The van der Waals surface area contributed by atoms with Crippen LogP contribution >= 0.6 is 0 Å². The van der Waals surface area contributed by atoms with Gasteiger partial charge < -0.3 is 21.0 Å². The van der Waals surface area contributed by atoms with Crippen LogP contribution in [0.3, 0.4) is 0 Å². The van der Waals surface area contributed by atoms with Crippen LogP contribution in [0.5, 0.6) is 0 Å². The minimum Gasteiger partial charge on any atom is -0.409 e. The maximum atomic E-state index is 12.2. The number of benzene rings is 1. The molecule has 116 valence electrons. The first-order valence-electron chi connectivity index (χ1n) is 6.97. The van der Waals surface area contributed by atoms with Gasteiger partial charge in [-0.2, -0.15) is 0 Å². The second-order valence-electron chi connectivity index (χ2n) is 4.76. The van der Waals surface area contributed by atoms with E-state index in [1.54, 1.807) is 7.11 Å². The zero-order valence-corrected chi connectivity index (χ0v) is 12.3. The van der Waals surface area contributed by atoms with Crippen LogP contribution in [-0.4, -0.2) is 37.2 Å². The Morgan fingerprint density at radius 2 is 2.10 bits per heavy atom. The molecule has 0 saturated heterocycles. The lowest BCUT2D eigenvalue weighted by Gasteiger charge is -2.15. The first-order valence-corrected chi connectivity index (χ1v) is 6.97. The number of rotatable bonds is 9. The second-order valence-corrected chi connectivity index (χ2v) is 4.76. The molecule has 0 fully saturated rings. The zero-order chi connectivity index (χ0) is 15.5. The molecule has 21 heavy (non-hydrogen) atoms. The number of methoxy groups -OCH3 is 1. The van der Waals surface area contributed by atoms with Crippen LogP contribution in [0.15, 0.2) is 35.5 Å². The van der Waals surface area contributed by atoms with Crippen LogP contribution in [0.1, 0.15) is 18.4 Å². The summed E-state index contributed by atoms with van der Waals surface area (Å²) >= 11 is 0. The number of amides is 1. The Hall–Kier alpha value is -2.08. The molecule has 0 aliphatic carbocycles. The van der Waals surface area contributed by atoms with Crippen LogP contribution in [-0.2, 0) is 16.0 Å². The van der Waals surface area contributed by atoms with Gasteiger partial charge in [-0.3, -0.25) is 4.79 Å². The van der Waals surface area contributed by atoms with Crippen molar-refractivity contribution in [2.24, 2.45) is 16.8 Å². The molecule has 6 nitrogen and oxygen atoms in total. The van der Waals surface area contributed by atoms with Crippen molar-refractivity contribution in [3.05, 3.63) is 35.9 Å². The lowest BCUT2D eigenvalue weighted by Crippen LogP contribution is -2.40. The van der Waals surface area contributed by atoms with Gasteiger partial charge in [0.1, 0.15) is 5.92 Å². The Morgan fingerprint density at radius 1 is 1.38 bits per heavy atom. The van der Waals surface area contributed by atoms with Crippen LogP contribution in [0, 0.1) is 5.92 Å². The fraction of sp³-hybridized carbons (Fsp3) is 0.467. The summed E-state index contributed by atoms with van der Waals surface area (Å²) in [6.07, 6.45) is 2.11. The minimum absolute atomic E-state index is 0.0757. The maximum Gasteiger partial charge on any atom is 0.231 e. The number of oxime groups is 1.